The Balaban J connectivity index is 2.14. The standard InChI is InChI=1S/C14H13BrClN/c15-12-7-6-11(9-13(12)16)14(17)8-10-4-2-1-3-5-10/h1-7,9,14H,8,17H2. The lowest BCUT2D eigenvalue weighted by molar-refractivity contribution is 0.722. The molecule has 1 unspecified atom stereocenters. The third-order valence-electron chi connectivity index (χ3n) is 2.67. The van der Waals surface area contributed by atoms with Crippen molar-refractivity contribution < 1.29 is 0 Å². The molecule has 2 aromatic carbocycles. The van der Waals surface area contributed by atoms with Gasteiger partial charge in [0.25, 0.3) is 0 Å². The first-order valence-corrected chi connectivity index (χ1v) is 6.58. The first-order valence-electron chi connectivity index (χ1n) is 5.41. The average molecular weight is 311 g/mol. The molecule has 88 valence electrons. The van der Waals surface area contributed by atoms with Gasteiger partial charge in [0, 0.05) is 10.5 Å². The minimum absolute atomic E-state index is 0.0250. The number of rotatable bonds is 3. The Morgan fingerprint density at radius 2 is 1.82 bits per heavy atom. The maximum atomic E-state index is 6.17. The van der Waals surface area contributed by atoms with Crippen molar-refractivity contribution in [2.24, 2.45) is 5.73 Å². The Morgan fingerprint density at radius 1 is 1.12 bits per heavy atom. The molecule has 0 aliphatic heterocycles. The van der Waals surface area contributed by atoms with Crippen LogP contribution in [0.2, 0.25) is 5.02 Å². The number of hydrogen-bond donors (Lipinski definition) is 1. The lowest BCUT2D eigenvalue weighted by atomic mass is 10.00. The van der Waals surface area contributed by atoms with Gasteiger partial charge in [0.15, 0.2) is 0 Å². The van der Waals surface area contributed by atoms with E-state index >= 15 is 0 Å². The molecular weight excluding hydrogens is 298 g/mol. The molecule has 0 aromatic heterocycles. The van der Waals surface area contributed by atoms with Crippen LogP contribution in [-0.4, -0.2) is 0 Å². The fourth-order valence-electron chi connectivity index (χ4n) is 1.73. The molecule has 0 aliphatic rings. The number of benzene rings is 2. The van der Waals surface area contributed by atoms with Gasteiger partial charge in [-0.25, -0.2) is 0 Å². The molecule has 0 bridgehead atoms. The second-order valence-corrected chi connectivity index (χ2v) is 5.23. The summed E-state index contributed by atoms with van der Waals surface area (Å²) in [5.74, 6) is 0. The van der Waals surface area contributed by atoms with Crippen molar-refractivity contribution in [3.8, 4) is 0 Å². The molecule has 0 saturated heterocycles. The summed E-state index contributed by atoms with van der Waals surface area (Å²) in [5.41, 5.74) is 8.46. The summed E-state index contributed by atoms with van der Waals surface area (Å²) in [5, 5.41) is 0.700. The van der Waals surface area contributed by atoms with Crippen molar-refractivity contribution in [2.75, 3.05) is 0 Å². The number of nitrogens with two attached hydrogens (primary N) is 1. The zero-order valence-electron chi connectivity index (χ0n) is 9.24. The molecule has 0 spiro atoms. The Kier molecular flexibility index (Phi) is 4.21. The maximum Gasteiger partial charge on any atom is 0.0551 e. The lowest BCUT2D eigenvalue weighted by Gasteiger charge is -2.13. The summed E-state index contributed by atoms with van der Waals surface area (Å²) in [7, 11) is 0. The monoisotopic (exact) mass is 309 g/mol. The van der Waals surface area contributed by atoms with Gasteiger partial charge in [-0.05, 0) is 45.6 Å². The molecule has 2 rings (SSSR count). The van der Waals surface area contributed by atoms with E-state index in [1.54, 1.807) is 0 Å². The van der Waals surface area contributed by atoms with E-state index in [9.17, 15) is 0 Å². The van der Waals surface area contributed by atoms with Gasteiger partial charge in [-0.3, -0.25) is 0 Å². The minimum Gasteiger partial charge on any atom is -0.324 e. The first kappa shape index (κ1) is 12.6. The molecule has 0 aliphatic carbocycles. The predicted molar refractivity (Wildman–Crippen MR) is 76.2 cm³/mol. The molecular formula is C14H13BrClN. The van der Waals surface area contributed by atoms with Gasteiger partial charge in [0.05, 0.1) is 5.02 Å². The Bertz CT molecular complexity index is 499. The van der Waals surface area contributed by atoms with Crippen molar-refractivity contribution in [3.63, 3.8) is 0 Å². The Labute approximate surface area is 115 Å². The second-order valence-electron chi connectivity index (χ2n) is 3.97. The van der Waals surface area contributed by atoms with Crippen LogP contribution in [0.1, 0.15) is 17.2 Å². The van der Waals surface area contributed by atoms with E-state index < -0.39 is 0 Å². The van der Waals surface area contributed by atoms with Crippen LogP contribution < -0.4 is 5.73 Å². The predicted octanol–water partition coefficient (Wildman–Crippen LogP) is 4.35. The summed E-state index contributed by atoms with van der Waals surface area (Å²) in [4.78, 5) is 0. The molecule has 0 saturated carbocycles. The quantitative estimate of drug-likeness (QED) is 0.896. The topological polar surface area (TPSA) is 26.0 Å². The van der Waals surface area contributed by atoms with Crippen LogP contribution >= 0.6 is 27.5 Å². The smallest absolute Gasteiger partial charge is 0.0551 e. The van der Waals surface area contributed by atoms with E-state index in [0.717, 1.165) is 16.5 Å². The molecule has 0 heterocycles. The molecule has 17 heavy (non-hydrogen) atoms. The summed E-state index contributed by atoms with van der Waals surface area (Å²) in [6.07, 6.45) is 0.818. The normalized spacial score (nSPS) is 12.4. The van der Waals surface area contributed by atoms with Crippen LogP contribution in [0, 0.1) is 0 Å². The van der Waals surface area contributed by atoms with Crippen molar-refractivity contribution in [3.05, 3.63) is 69.2 Å². The molecule has 2 aromatic rings. The zero-order chi connectivity index (χ0) is 12.3. The Hall–Kier alpha value is -0.830. The fraction of sp³-hybridized carbons (Fsp3) is 0.143. The lowest BCUT2D eigenvalue weighted by Crippen LogP contribution is -2.13. The van der Waals surface area contributed by atoms with Crippen molar-refractivity contribution >= 4 is 27.5 Å². The summed E-state index contributed by atoms with van der Waals surface area (Å²) >= 11 is 9.43. The molecule has 3 heteroatoms. The van der Waals surface area contributed by atoms with E-state index in [4.69, 9.17) is 17.3 Å². The van der Waals surface area contributed by atoms with E-state index in [2.05, 4.69) is 28.1 Å². The molecule has 0 amide bonds. The van der Waals surface area contributed by atoms with Crippen LogP contribution in [0.15, 0.2) is 53.0 Å². The van der Waals surface area contributed by atoms with Crippen LogP contribution in [0.25, 0.3) is 0 Å². The van der Waals surface area contributed by atoms with Crippen LogP contribution in [0.3, 0.4) is 0 Å². The van der Waals surface area contributed by atoms with Crippen molar-refractivity contribution in [1.29, 1.82) is 0 Å². The summed E-state index contributed by atoms with van der Waals surface area (Å²) in [6, 6.07) is 16.0. The van der Waals surface area contributed by atoms with Crippen molar-refractivity contribution in [1.82, 2.24) is 0 Å². The van der Waals surface area contributed by atoms with Gasteiger partial charge in [-0.15, -0.1) is 0 Å². The van der Waals surface area contributed by atoms with E-state index in [0.29, 0.717) is 5.02 Å². The van der Waals surface area contributed by atoms with Gasteiger partial charge < -0.3 is 5.73 Å². The van der Waals surface area contributed by atoms with E-state index in [1.807, 2.05) is 36.4 Å². The number of halogens is 2. The maximum absolute atomic E-state index is 6.17. The third kappa shape index (κ3) is 3.32. The van der Waals surface area contributed by atoms with Gasteiger partial charge in [0.1, 0.15) is 0 Å². The largest absolute Gasteiger partial charge is 0.324 e. The highest BCUT2D eigenvalue weighted by Crippen LogP contribution is 2.26. The second kappa shape index (κ2) is 5.67. The van der Waals surface area contributed by atoms with E-state index in [1.165, 1.54) is 5.56 Å². The van der Waals surface area contributed by atoms with Crippen LogP contribution in [0.5, 0.6) is 0 Å². The number of hydrogen-bond acceptors (Lipinski definition) is 1. The highest BCUT2D eigenvalue weighted by atomic mass is 79.9. The molecule has 1 nitrogen and oxygen atoms in total. The minimum atomic E-state index is -0.0250. The average Bonchev–Trinajstić information content (AvgIpc) is 2.34. The highest BCUT2D eigenvalue weighted by molar-refractivity contribution is 9.10. The van der Waals surface area contributed by atoms with Crippen LogP contribution in [0.4, 0.5) is 0 Å². The summed E-state index contributed by atoms with van der Waals surface area (Å²) in [6.45, 7) is 0. The fourth-order valence-corrected chi connectivity index (χ4v) is 2.16. The van der Waals surface area contributed by atoms with E-state index in [-0.39, 0.29) is 6.04 Å². The first-order chi connectivity index (χ1) is 8.16. The van der Waals surface area contributed by atoms with Gasteiger partial charge in [-0.2, -0.15) is 0 Å². The van der Waals surface area contributed by atoms with Crippen LogP contribution in [-0.2, 0) is 6.42 Å². The van der Waals surface area contributed by atoms with Gasteiger partial charge >= 0.3 is 0 Å². The Morgan fingerprint density at radius 3 is 2.47 bits per heavy atom. The zero-order valence-corrected chi connectivity index (χ0v) is 11.6. The molecule has 2 N–H and O–H groups in total. The van der Waals surface area contributed by atoms with Crippen molar-refractivity contribution in [2.45, 2.75) is 12.5 Å². The highest BCUT2D eigenvalue weighted by Gasteiger charge is 2.08. The SMILES string of the molecule is NC(Cc1ccccc1)c1ccc(Br)c(Cl)c1. The molecule has 0 fully saturated rings. The molecule has 1 atom stereocenters. The summed E-state index contributed by atoms with van der Waals surface area (Å²) < 4.78 is 0.898. The molecule has 0 radical (unpaired) electrons. The third-order valence-corrected chi connectivity index (χ3v) is 3.90. The van der Waals surface area contributed by atoms with Gasteiger partial charge in [-0.1, -0.05) is 48.0 Å². The van der Waals surface area contributed by atoms with Gasteiger partial charge in [0.2, 0.25) is 0 Å².